The molecule has 14 heavy (non-hydrogen) atoms. The molecule has 1 rings (SSSR count). The van der Waals surface area contributed by atoms with E-state index in [-0.39, 0.29) is 6.04 Å². The minimum absolute atomic E-state index is 0.196. The van der Waals surface area contributed by atoms with E-state index in [2.05, 4.69) is 10.3 Å². The maximum absolute atomic E-state index is 12.5. The lowest BCUT2D eigenvalue weighted by Gasteiger charge is -2.14. The normalized spacial score (nSPS) is 12.5. The summed E-state index contributed by atoms with van der Waals surface area (Å²) >= 11 is 0. The molecule has 0 spiro atoms. The minimum atomic E-state index is -0.465. The molecule has 0 radical (unpaired) electrons. The van der Waals surface area contributed by atoms with Gasteiger partial charge in [-0.3, -0.25) is 0 Å². The van der Waals surface area contributed by atoms with Crippen molar-refractivity contribution in [3.05, 3.63) is 24.3 Å². The molecule has 1 N–H and O–H groups in total. The van der Waals surface area contributed by atoms with Gasteiger partial charge < -0.3 is 10.1 Å². The van der Waals surface area contributed by atoms with E-state index in [1.54, 1.807) is 6.07 Å². The van der Waals surface area contributed by atoms with Gasteiger partial charge in [0.15, 0.2) is 0 Å². The first kappa shape index (κ1) is 10.9. The Morgan fingerprint density at radius 3 is 2.93 bits per heavy atom. The third-order valence-electron chi connectivity index (χ3n) is 1.71. The fourth-order valence-corrected chi connectivity index (χ4v) is 1.08. The van der Waals surface area contributed by atoms with Crippen molar-refractivity contribution in [2.75, 3.05) is 18.5 Å². The maximum atomic E-state index is 12.5. The molecule has 1 aromatic heterocycles. The first-order valence-corrected chi connectivity index (χ1v) is 4.68. The van der Waals surface area contributed by atoms with Crippen molar-refractivity contribution in [1.82, 2.24) is 4.98 Å². The highest BCUT2D eigenvalue weighted by atomic mass is 19.1. The second-order valence-electron chi connectivity index (χ2n) is 3.07. The van der Waals surface area contributed by atoms with Crippen LogP contribution in [0.25, 0.3) is 0 Å². The highest BCUT2D eigenvalue weighted by Crippen LogP contribution is 2.06. The molecule has 0 fully saturated rings. The first-order valence-electron chi connectivity index (χ1n) is 4.68. The lowest BCUT2D eigenvalue weighted by Crippen LogP contribution is -2.21. The number of hydrogen-bond donors (Lipinski definition) is 1. The zero-order chi connectivity index (χ0) is 10.4. The quantitative estimate of drug-likeness (QED) is 0.735. The van der Waals surface area contributed by atoms with Crippen LogP contribution in [-0.2, 0) is 4.74 Å². The van der Waals surface area contributed by atoms with Crippen LogP contribution in [0, 0.1) is 5.95 Å². The zero-order valence-electron chi connectivity index (χ0n) is 8.46. The number of pyridine rings is 1. The number of ether oxygens (including phenoxy) is 1. The molecule has 3 nitrogen and oxygen atoms in total. The third-order valence-corrected chi connectivity index (χ3v) is 1.71. The Kier molecular flexibility index (Phi) is 4.32. The topological polar surface area (TPSA) is 34.1 Å². The molecule has 0 amide bonds. The predicted octanol–water partition coefficient (Wildman–Crippen LogP) is 2.06. The summed E-state index contributed by atoms with van der Waals surface area (Å²) in [6.07, 6.45) is 1.47. The molecular formula is C10H15FN2O. The van der Waals surface area contributed by atoms with Crippen LogP contribution in [0.1, 0.15) is 13.8 Å². The smallest absolute Gasteiger partial charge is 0.212 e. The highest BCUT2D eigenvalue weighted by molar-refractivity contribution is 5.40. The molecule has 4 heteroatoms. The van der Waals surface area contributed by atoms with Crippen molar-refractivity contribution in [3.8, 4) is 0 Å². The largest absolute Gasteiger partial charge is 0.380 e. The van der Waals surface area contributed by atoms with Crippen molar-refractivity contribution in [2.45, 2.75) is 19.9 Å². The van der Waals surface area contributed by atoms with Crippen LogP contribution in [0.2, 0.25) is 0 Å². The van der Waals surface area contributed by atoms with Crippen molar-refractivity contribution in [1.29, 1.82) is 0 Å². The Morgan fingerprint density at radius 1 is 1.57 bits per heavy atom. The Morgan fingerprint density at radius 2 is 2.36 bits per heavy atom. The summed E-state index contributed by atoms with van der Waals surface area (Å²) in [5.41, 5.74) is 0.804. The summed E-state index contributed by atoms with van der Waals surface area (Å²) < 4.78 is 17.7. The predicted molar refractivity (Wildman–Crippen MR) is 53.8 cm³/mol. The van der Waals surface area contributed by atoms with Gasteiger partial charge in [0.2, 0.25) is 5.95 Å². The molecule has 0 aliphatic carbocycles. The van der Waals surface area contributed by atoms with Crippen molar-refractivity contribution < 1.29 is 9.13 Å². The number of hydrogen-bond acceptors (Lipinski definition) is 3. The van der Waals surface area contributed by atoms with E-state index in [4.69, 9.17) is 4.74 Å². The molecule has 1 heterocycles. The van der Waals surface area contributed by atoms with E-state index < -0.39 is 5.95 Å². The number of nitrogens with zero attached hydrogens (tertiary/aromatic N) is 1. The molecular weight excluding hydrogens is 183 g/mol. The minimum Gasteiger partial charge on any atom is -0.380 e. The van der Waals surface area contributed by atoms with Crippen molar-refractivity contribution in [3.63, 3.8) is 0 Å². The fourth-order valence-electron chi connectivity index (χ4n) is 1.08. The Balaban J connectivity index is 2.39. The maximum Gasteiger partial charge on any atom is 0.212 e. The molecule has 1 atom stereocenters. The molecule has 0 aliphatic rings. The van der Waals surface area contributed by atoms with Gasteiger partial charge in [0.25, 0.3) is 0 Å². The van der Waals surface area contributed by atoms with E-state index in [1.807, 2.05) is 13.8 Å². The zero-order valence-corrected chi connectivity index (χ0v) is 8.46. The monoisotopic (exact) mass is 198 g/mol. The third kappa shape index (κ3) is 3.70. The average Bonchev–Trinajstić information content (AvgIpc) is 2.18. The summed E-state index contributed by atoms with van der Waals surface area (Å²) in [4.78, 5) is 3.54. The van der Waals surface area contributed by atoms with Crippen LogP contribution >= 0.6 is 0 Å². The molecule has 0 saturated heterocycles. The number of anilines is 1. The summed E-state index contributed by atoms with van der Waals surface area (Å²) in [5, 5.41) is 3.15. The second kappa shape index (κ2) is 5.54. The molecule has 1 aromatic rings. The Labute approximate surface area is 83.3 Å². The van der Waals surface area contributed by atoms with Gasteiger partial charge in [-0.05, 0) is 26.0 Å². The van der Waals surface area contributed by atoms with E-state index >= 15 is 0 Å². The molecule has 78 valence electrons. The average molecular weight is 198 g/mol. The highest BCUT2D eigenvalue weighted by Gasteiger charge is 2.01. The van der Waals surface area contributed by atoms with Gasteiger partial charge in [-0.15, -0.1) is 0 Å². The molecule has 0 saturated carbocycles. The van der Waals surface area contributed by atoms with Crippen LogP contribution in [0.4, 0.5) is 10.1 Å². The van der Waals surface area contributed by atoms with Gasteiger partial charge in [-0.2, -0.15) is 4.39 Å². The van der Waals surface area contributed by atoms with Gasteiger partial charge in [0.1, 0.15) is 0 Å². The van der Waals surface area contributed by atoms with Gasteiger partial charge in [-0.1, -0.05) is 0 Å². The summed E-state index contributed by atoms with van der Waals surface area (Å²) in [6.45, 7) is 5.28. The molecule has 0 bridgehead atoms. The number of aromatic nitrogens is 1. The van der Waals surface area contributed by atoms with Crippen LogP contribution < -0.4 is 5.32 Å². The Hall–Kier alpha value is -1.16. The van der Waals surface area contributed by atoms with E-state index in [0.717, 1.165) is 5.69 Å². The van der Waals surface area contributed by atoms with Gasteiger partial charge in [-0.25, -0.2) is 4.98 Å². The number of nitrogens with one attached hydrogen (secondary N) is 1. The molecule has 0 aromatic carbocycles. The Bertz CT molecular complexity index is 263. The SMILES string of the molecule is CCOCC(C)Nc1ccc(F)nc1. The first-order chi connectivity index (χ1) is 6.72. The summed E-state index contributed by atoms with van der Waals surface area (Å²) in [5.74, 6) is -0.465. The second-order valence-corrected chi connectivity index (χ2v) is 3.07. The lowest BCUT2D eigenvalue weighted by molar-refractivity contribution is 0.141. The van der Waals surface area contributed by atoms with Crippen LogP contribution in [-0.4, -0.2) is 24.2 Å². The lowest BCUT2D eigenvalue weighted by atomic mass is 10.3. The van der Waals surface area contributed by atoms with Crippen LogP contribution in [0.5, 0.6) is 0 Å². The van der Waals surface area contributed by atoms with E-state index in [1.165, 1.54) is 12.3 Å². The molecule has 0 aliphatic heterocycles. The summed E-state index contributed by atoms with van der Waals surface area (Å²) in [6, 6.07) is 3.18. The van der Waals surface area contributed by atoms with Crippen molar-refractivity contribution in [2.24, 2.45) is 0 Å². The van der Waals surface area contributed by atoms with Gasteiger partial charge in [0.05, 0.1) is 18.5 Å². The van der Waals surface area contributed by atoms with Crippen LogP contribution in [0.3, 0.4) is 0 Å². The van der Waals surface area contributed by atoms with Gasteiger partial charge >= 0.3 is 0 Å². The summed E-state index contributed by atoms with van der Waals surface area (Å²) in [7, 11) is 0. The standard InChI is InChI=1S/C10H15FN2O/c1-3-14-7-8(2)13-9-4-5-10(11)12-6-9/h4-6,8,13H,3,7H2,1-2H3. The van der Waals surface area contributed by atoms with Crippen LogP contribution in [0.15, 0.2) is 18.3 Å². The van der Waals surface area contributed by atoms with Gasteiger partial charge in [0, 0.05) is 12.6 Å². The molecule has 1 unspecified atom stereocenters. The van der Waals surface area contributed by atoms with Crippen molar-refractivity contribution >= 4 is 5.69 Å². The van der Waals surface area contributed by atoms with E-state index in [0.29, 0.717) is 13.2 Å². The number of rotatable bonds is 5. The van der Waals surface area contributed by atoms with E-state index in [9.17, 15) is 4.39 Å². The fraction of sp³-hybridized carbons (Fsp3) is 0.500. The number of halogens is 1.